The molecule has 0 spiro atoms. The van der Waals surface area contributed by atoms with Gasteiger partial charge in [0.1, 0.15) is 0 Å². The van der Waals surface area contributed by atoms with Crippen LogP contribution in [0.1, 0.15) is 50.3 Å². The summed E-state index contributed by atoms with van der Waals surface area (Å²) in [5.74, 6) is 0.245. The van der Waals surface area contributed by atoms with Gasteiger partial charge in [-0.1, -0.05) is 49.4 Å². The molecule has 1 aliphatic rings. The van der Waals surface area contributed by atoms with Crippen molar-refractivity contribution in [2.45, 2.75) is 69.6 Å². The Labute approximate surface area is 172 Å². The Morgan fingerprint density at radius 3 is 2.69 bits per heavy atom. The summed E-state index contributed by atoms with van der Waals surface area (Å²) in [6.07, 6.45) is 3.42. The fourth-order valence-electron chi connectivity index (χ4n) is 3.51. The number of hydrogen-bond donors (Lipinski definition) is 2. The second-order valence-corrected chi connectivity index (χ2v) is 9.63. The molecule has 1 fully saturated rings. The molecule has 0 bridgehead atoms. The van der Waals surface area contributed by atoms with Crippen LogP contribution in [0.25, 0.3) is 0 Å². The van der Waals surface area contributed by atoms with Crippen molar-refractivity contribution in [1.82, 2.24) is 19.7 Å². The molecule has 2 N–H and O–H groups in total. The van der Waals surface area contributed by atoms with E-state index in [1.54, 1.807) is 16.8 Å². The van der Waals surface area contributed by atoms with Crippen molar-refractivity contribution in [1.29, 1.82) is 0 Å². The SMILES string of the molecule is CC(C)c1cn(CC[C@@H]2CC[C@H](NS(=O)(=O)Cc3ccccc3)[C@@H](CO)O2)nn1. The maximum absolute atomic E-state index is 12.5. The zero-order chi connectivity index (χ0) is 20.9. The van der Waals surface area contributed by atoms with Gasteiger partial charge in [0, 0.05) is 12.7 Å². The Kier molecular flexibility index (Phi) is 7.39. The lowest BCUT2D eigenvalue weighted by Gasteiger charge is -2.36. The summed E-state index contributed by atoms with van der Waals surface area (Å²) in [6, 6.07) is 8.62. The van der Waals surface area contributed by atoms with E-state index in [1.807, 2.05) is 24.4 Å². The fourth-order valence-corrected chi connectivity index (χ4v) is 4.95. The van der Waals surface area contributed by atoms with Crippen molar-refractivity contribution in [2.24, 2.45) is 0 Å². The molecule has 0 saturated carbocycles. The highest BCUT2D eigenvalue weighted by atomic mass is 32.2. The standard InChI is InChI=1S/C20H30N4O4S/c1-15(2)19-12-24(23-21-19)11-10-17-8-9-18(20(13-25)28-17)22-29(26,27)14-16-6-4-3-5-7-16/h3-7,12,15,17-18,20,22,25H,8-11,13-14H2,1-2H3/t17-,18-,20+/m0/s1. The monoisotopic (exact) mass is 422 g/mol. The van der Waals surface area contributed by atoms with Gasteiger partial charge in [0.05, 0.1) is 36.3 Å². The van der Waals surface area contributed by atoms with Gasteiger partial charge in [0.15, 0.2) is 0 Å². The van der Waals surface area contributed by atoms with E-state index < -0.39 is 22.2 Å². The number of aliphatic hydroxyl groups excluding tert-OH is 1. The molecular weight excluding hydrogens is 392 g/mol. The zero-order valence-electron chi connectivity index (χ0n) is 16.9. The summed E-state index contributed by atoms with van der Waals surface area (Å²) in [7, 11) is -3.52. The van der Waals surface area contributed by atoms with Gasteiger partial charge in [-0.15, -0.1) is 5.10 Å². The van der Waals surface area contributed by atoms with E-state index in [0.29, 0.717) is 18.9 Å². The third-order valence-electron chi connectivity index (χ3n) is 5.15. The number of aromatic nitrogens is 3. The van der Waals surface area contributed by atoms with Gasteiger partial charge in [0.2, 0.25) is 10.0 Å². The number of sulfonamides is 1. The van der Waals surface area contributed by atoms with Gasteiger partial charge in [-0.25, -0.2) is 13.1 Å². The van der Waals surface area contributed by atoms with Crippen LogP contribution in [0.5, 0.6) is 0 Å². The lowest BCUT2D eigenvalue weighted by Crippen LogP contribution is -2.51. The van der Waals surface area contributed by atoms with Crippen molar-refractivity contribution >= 4 is 10.0 Å². The van der Waals surface area contributed by atoms with Crippen LogP contribution >= 0.6 is 0 Å². The molecule has 0 aliphatic carbocycles. The number of benzene rings is 1. The molecule has 3 atom stereocenters. The molecule has 1 aromatic heterocycles. The average molecular weight is 423 g/mol. The number of rotatable bonds is 9. The molecule has 0 amide bonds. The highest BCUT2D eigenvalue weighted by Gasteiger charge is 2.33. The van der Waals surface area contributed by atoms with Gasteiger partial charge < -0.3 is 9.84 Å². The molecule has 1 aromatic carbocycles. The molecule has 1 aliphatic heterocycles. The minimum Gasteiger partial charge on any atom is -0.394 e. The molecule has 2 aromatic rings. The molecular formula is C20H30N4O4S. The molecule has 0 unspecified atom stereocenters. The number of aryl methyl sites for hydroxylation is 1. The molecule has 29 heavy (non-hydrogen) atoms. The van der Waals surface area contributed by atoms with Crippen molar-refractivity contribution in [3.8, 4) is 0 Å². The fraction of sp³-hybridized carbons (Fsp3) is 0.600. The Morgan fingerprint density at radius 1 is 1.28 bits per heavy atom. The molecule has 9 heteroatoms. The smallest absolute Gasteiger partial charge is 0.216 e. The van der Waals surface area contributed by atoms with Gasteiger partial charge >= 0.3 is 0 Å². The highest BCUT2D eigenvalue weighted by molar-refractivity contribution is 7.88. The Morgan fingerprint density at radius 2 is 2.03 bits per heavy atom. The summed E-state index contributed by atoms with van der Waals surface area (Å²) in [6.45, 7) is 4.59. The summed E-state index contributed by atoms with van der Waals surface area (Å²) in [5.41, 5.74) is 1.68. The van der Waals surface area contributed by atoms with Gasteiger partial charge in [-0.3, -0.25) is 4.68 Å². The molecule has 0 radical (unpaired) electrons. The van der Waals surface area contributed by atoms with Gasteiger partial charge in [0.25, 0.3) is 0 Å². The van der Waals surface area contributed by atoms with Gasteiger partial charge in [-0.05, 0) is 30.7 Å². The first-order valence-corrected chi connectivity index (χ1v) is 11.7. The van der Waals surface area contributed by atoms with Crippen LogP contribution < -0.4 is 4.72 Å². The van der Waals surface area contributed by atoms with E-state index in [-0.39, 0.29) is 18.5 Å². The summed E-state index contributed by atoms with van der Waals surface area (Å²) < 4.78 is 35.5. The van der Waals surface area contributed by atoms with Crippen LogP contribution in [-0.4, -0.2) is 53.4 Å². The van der Waals surface area contributed by atoms with E-state index in [2.05, 4.69) is 28.9 Å². The minimum absolute atomic E-state index is 0.0475. The number of nitrogens with one attached hydrogen (secondary N) is 1. The largest absolute Gasteiger partial charge is 0.394 e. The van der Waals surface area contributed by atoms with Crippen LogP contribution in [0.3, 0.4) is 0 Å². The maximum atomic E-state index is 12.5. The van der Waals surface area contributed by atoms with Gasteiger partial charge in [-0.2, -0.15) is 0 Å². The zero-order valence-corrected chi connectivity index (χ0v) is 17.8. The molecule has 160 valence electrons. The second kappa shape index (κ2) is 9.80. The number of hydrogen-bond acceptors (Lipinski definition) is 6. The second-order valence-electron chi connectivity index (χ2n) is 7.88. The summed E-state index contributed by atoms with van der Waals surface area (Å²) >= 11 is 0. The predicted molar refractivity (Wildman–Crippen MR) is 110 cm³/mol. The average Bonchev–Trinajstić information content (AvgIpc) is 3.17. The maximum Gasteiger partial charge on any atom is 0.216 e. The van der Waals surface area contributed by atoms with Crippen molar-refractivity contribution in [3.05, 3.63) is 47.8 Å². The number of ether oxygens (including phenoxy) is 1. The first kappa shape index (κ1) is 21.9. The number of aliphatic hydroxyl groups is 1. The van der Waals surface area contributed by atoms with Crippen molar-refractivity contribution in [3.63, 3.8) is 0 Å². The first-order chi connectivity index (χ1) is 13.9. The predicted octanol–water partition coefficient (Wildman–Crippen LogP) is 1.82. The molecule has 8 nitrogen and oxygen atoms in total. The highest BCUT2D eigenvalue weighted by Crippen LogP contribution is 2.23. The molecule has 2 heterocycles. The third-order valence-corrected chi connectivity index (χ3v) is 6.53. The minimum atomic E-state index is -3.52. The quantitative estimate of drug-likeness (QED) is 0.638. The van der Waals surface area contributed by atoms with E-state index in [4.69, 9.17) is 4.74 Å². The molecule has 3 rings (SSSR count). The normalized spacial score (nSPS) is 22.8. The topological polar surface area (TPSA) is 106 Å². The van der Waals surface area contributed by atoms with Crippen molar-refractivity contribution < 1.29 is 18.3 Å². The summed E-state index contributed by atoms with van der Waals surface area (Å²) in [4.78, 5) is 0. The third kappa shape index (κ3) is 6.33. The first-order valence-electron chi connectivity index (χ1n) is 10.1. The van der Waals surface area contributed by atoms with E-state index in [9.17, 15) is 13.5 Å². The van der Waals surface area contributed by atoms with Crippen LogP contribution in [0.15, 0.2) is 36.5 Å². The lowest BCUT2D eigenvalue weighted by molar-refractivity contribution is -0.0891. The van der Waals surface area contributed by atoms with Crippen molar-refractivity contribution in [2.75, 3.05) is 6.61 Å². The number of nitrogens with zero attached hydrogens (tertiary/aromatic N) is 3. The lowest BCUT2D eigenvalue weighted by atomic mass is 9.98. The Bertz CT molecular complexity index is 870. The van der Waals surface area contributed by atoms with Crippen LogP contribution in [0.2, 0.25) is 0 Å². The van der Waals surface area contributed by atoms with Crippen LogP contribution in [0.4, 0.5) is 0 Å². The van der Waals surface area contributed by atoms with E-state index in [0.717, 1.165) is 24.1 Å². The summed E-state index contributed by atoms with van der Waals surface area (Å²) in [5, 5.41) is 18.0. The Hall–Kier alpha value is -1.81. The van der Waals surface area contributed by atoms with E-state index >= 15 is 0 Å². The van der Waals surface area contributed by atoms with Crippen LogP contribution in [-0.2, 0) is 27.1 Å². The molecule has 1 saturated heterocycles. The van der Waals surface area contributed by atoms with Crippen LogP contribution in [0, 0.1) is 0 Å². The van der Waals surface area contributed by atoms with E-state index in [1.165, 1.54) is 0 Å². The Balaban J connectivity index is 1.52.